The molecular formula is C22H26ClN3O5S2. The first kappa shape index (κ1) is 25.4. The van der Waals surface area contributed by atoms with Crippen LogP contribution in [0.3, 0.4) is 0 Å². The summed E-state index contributed by atoms with van der Waals surface area (Å²) < 4.78 is 35.9. The third-order valence-corrected chi connectivity index (χ3v) is 7.48. The fraction of sp³-hybridized carbons (Fsp3) is 0.364. The van der Waals surface area contributed by atoms with E-state index in [9.17, 15) is 13.2 Å². The van der Waals surface area contributed by atoms with Gasteiger partial charge in [-0.15, -0.1) is 12.4 Å². The number of rotatable bonds is 7. The van der Waals surface area contributed by atoms with Gasteiger partial charge in [0.05, 0.1) is 29.9 Å². The molecule has 33 heavy (non-hydrogen) atoms. The number of morpholine rings is 1. The quantitative estimate of drug-likeness (QED) is 0.481. The number of carbonyl (C=O) groups excluding carboxylic acids is 1. The molecule has 1 saturated heterocycles. The first-order chi connectivity index (χ1) is 15.4. The lowest BCUT2D eigenvalue weighted by Crippen LogP contribution is -2.43. The van der Waals surface area contributed by atoms with Crippen LogP contribution in [-0.2, 0) is 14.6 Å². The summed E-state index contributed by atoms with van der Waals surface area (Å²) in [5, 5.41) is 0.470. The number of thiazole rings is 1. The molecule has 1 aliphatic rings. The van der Waals surface area contributed by atoms with E-state index >= 15 is 0 Å². The number of hydrogen-bond acceptors (Lipinski definition) is 8. The maximum Gasteiger partial charge on any atom is 0.260 e. The Morgan fingerprint density at radius 1 is 1.21 bits per heavy atom. The second kappa shape index (κ2) is 10.8. The molecule has 2 heterocycles. The predicted octanol–water partition coefficient (Wildman–Crippen LogP) is 3.11. The van der Waals surface area contributed by atoms with E-state index in [0.29, 0.717) is 48.3 Å². The van der Waals surface area contributed by atoms with E-state index in [1.807, 2.05) is 6.07 Å². The summed E-state index contributed by atoms with van der Waals surface area (Å²) in [7, 11) is -1.89. The minimum atomic E-state index is -3.45. The number of para-hydroxylation sites is 1. The van der Waals surface area contributed by atoms with Gasteiger partial charge in [-0.05, 0) is 30.3 Å². The van der Waals surface area contributed by atoms with Crippen LogP contribution in [-0.4, -0.2) is 77.0 Å². The van der Waals surface area contributed by atoms with E-state index in [-0.39, 0.29) is 23.2 Å². The number of amides is 1. The van der Waals surface area contributed by atoms with Gasteiger partial charge in [0.2, 0.25) is 0 Å². The molecule has 1 aliphatic heterocycles. The Bertz CT molecular complexity index is 1230. The lowest BCUT2D eigenvalue weighted by molar-refractivity contribution is 0.0391. The summed E-state index contributed by atoms with van der Waals surface area (Å²) in [5.74, 6) is 0.379. The van der Waals surface area contributed by atoms with Gasteiger partial charge in [0.15, 0.2) is 15.0 Å². The van der Waals surface area contributed by atoms with Crippen molar-refractivity contribution in [3.05, 3.63) is 48.0 Å². The Labute approximate surface area is 203 Å². The molecule has 0 unspecified atom stereocenters. The molecule has 0 saturated carbocycles. The summed E-state index contributed by atoms with van der Waals surface area (Å²) in [4.78, 5) is 22.2. The van der Waals surface area contributed by atoms with Crippen LogP contribution >= 0.6 is 23.7 Å². The number of ether oxygens (including phenoxy) is 2. The third-order valence-electron chi connectivity index (χ3n) is 5.31. The smallest absolute Gasteiger partial charge is 0.260 e. The van der Waals surface area contributed by atoms with Gasteiger partial charge in [-0.3, -0.25) is 14.6 Å². The molecule has 8 nitrogen and oxygen atoms in total. The van der Waals surface area contributed by atoms with Crippen molar-refractivity contribution in [2.24, 2.45) is 0 Å². The second-order valence-corrected chi connectivity index (χ2v) is 10.5. The zero-order valence-electron chi connectivity index (χ0n) is 18.4. The van der Waals surface area contributed by atoms with Gasteiger partial charge in [-0.1, -0.05) is 23.5 Å². The molecule has 1 aromatic heterocycles. The predicted molar refractivity (Wildman–Crippen MR) is 132 cm³/mol. The molecule has 4 rings (SSSR count). The Morgan fingerprint density at radius 3 is 2.64 bits per heavy atom. The molecule has 0 radical (unpaired) electrons. The number of anilines is 1. The van der Waals surface area contributed by atoms with Crippen LogP contribution in [0.4, 0.5) is 5.13 Å². The standard InChI is InChI=1S/C22H25N3O5S2.ClH/c1-29-17-6-3-5-16(15-17)21(26)25(10-9-24-11-13-30-14-12-24)22-23-20-18(31-22)7-4-8-19(20)32(2,27)28;/h3-8,15H,9-14H2,1-2H3;1H. The molecule has 178 valence electrons. The number of carbonyl (C=O) groups is 1. The van der Waals surface area contributed by atoms with Crippen LogP contribution in [0.15, 0.2) is 47.4 Å². The van der Waals surface area contributed by atoms with Crippen molar-refractivity contribution in [1.29, 1.82) is 0 Å². The lowest BCUT2D eigenvalue weighted by Gasteiger charge is -2.29. The molecule has 0 bridgehead atoms. The highest BCUT2D eigenvalue weighted by molar-refractivity contribution is 7.91. The summed E-state index contributed by atoms with van der Waals surface area (Å²) in [6.45, 7) is 4.03. The highest BCUT2D eigenvalue weighted by Gasteiger charge is 2.25. The first-order valence-corrected chi connectivity index (χ1v) is 12.9. The Balaban J connectivity index is 0.00000306. The van der Waals surface area contributed by atoms with Gasteiger partial charge < -0.3 is 9.47 Å². The topological polar surface area (TPSA) is 89.0 Å². The van der Waals surface area contributed by atoms with E-state index in [4.69, 9.17) is 9.47 Å². The summed E-state index contributed by atoms with van der Waals surface area (Å²) >= 11 is 1.31. The second-order valence-electron chi connectivity index (χ2n) is 7.51. The number of halogens is 1. The van der Waals surface area contributed by atoms with E-state index < -0.39 is 9.84 Å². The van der Waals surface area contributed by atoms with Gasteiger partial charge in [0.1, 0.15) is 11.3 Å². The molecule has 11 heteroatoms. The molecule has 1 amide bonds. The molecule has 0 spiro atoms. The summed E-state index contributed by atoms with van der Waals surface area (Å²) in [6, 6.07) is 12.0. The normalized spacial score (nSPS) is 14.6. The van der Waals surface area contributed by atoms with Crippen molar-refractivity contribution < 1.29 is 22.7 Å². The zero-order chi connectivity index (χ0) is 22.7. The lowest BCUT2D eigenvalue weighted by atomic mass is 10.2. The molecule has 1 fully saturated rings. The average molecular weight is 512 g/mol. The maximum atomic E-state index is 13.5. The zero-order valence-corrected chi connectivity index (χ0v) is 20.8. The Morgan fingerprint density at radius 2 is 1.94 bits per heavy atom. The van der Waals surface area contributed by atoms with Crippen LogP contribution in [0.2, 0.25) is 0 Å². The minimum absolute atomic E-state index is 0. The molecule has 3 aromatic rings. The highest BCUT2D eigenvalue weighted by Crippen LogP contribution is 2.33. The van der Waals surface area contributed by atoms with E-state index in [1.54, 1.807) is 48.4 Å². The van der Waals surface area contributed by atoms with E-state index in [2.05, 4.69) is 9.88 Å². The summed E-state index contributed by atoms with van der Waals surface area (Å²) in [5.41, 5.74) is 0.874. The fourth-order valence-corrected chi connectivity index (χ4v) is 5.50. The minimum Gasteiger partial charge on any atom is -0.497 e. The number of sulfone groups is 1. The van der Waals surface area contributed by atoms with Crippen molar-refractivity contribution in [1.82, 2.24) is 9.88 Å². The van der Waals surface area contributed by atoms with Crippen molar-refractivity contribution in [3.8, 4) is 5.75 Å². The Kier molecular flexibility index (Phi) is 8.30. The SMILES string of the molecule is COc1cccc(C(=O)N(CCN2CCOCC2)c2nc3c(S(C)(=O)=O)cccc3s2)c1.Cl. The van der Waals surface area contributed by atoms with Crippen LogP contribution in [0, 0.1) is 0 Å². The van der Waals surface area contributed by atoms with Crippen LogP contribution < -0.4 is 9.64 Å². The van der Waals surface area contributed by atoms with Crippen LogP contribution in [0.5, 0.6) is 5.75 Å². The number of fused-ring (bicyclic) bond motifs is 1. The van der Waals surface area contributed by atoms with Gasteiger partial charge in [0, 0.05) is 38.0 Å². The first-order valence-electron chi connectivity index (χ1n) is 10.2. The molecule has 0 N–H and O–H groups in total. The molecule has 0 aliphatic carbocycles. The van der Waals surface area contributed by atoms with Gasteiger partial charge in [-0.2, -0.15) is 0 Å². The number of nitrogens with zero attached hydrogens (tertiary/aromatic N) is 3. The van der Waals surface area contributed by atoms with Crippen molar-refractivity contribution in [2.45, 2.75) is 4.90 Å². The van der Waals surface area contributed by atoms with Gasteiger partial charge >= 0.3 is 0 Å². The largest absolute Gasteiger partial charge is 0.497 e. The van der Waals surface area contributed by atoms with Gasteiger partial charge in [0.25, 0.3) is 5.91 Å². The number of aromatic nitrogens is 1. The summed E-state index contributed by atoms with van der Waals surface area (Å²) in [6.07, 6.45) is 1.17. The van der Waals surface area contributed by atoms with Crippen LogP contribution in [0.1, 0.15) is 10.4 Å². The van der Waals surface area contributed by atoms with Crippen molar-refractivity contribution >= 4 is 54.8 Å². The number of methoxy groups -OCH3 is 1. The maximum absolute atomic E-state index is 13.5. The highest BCUT2D eigenvalue weighted by atomic mass is 35.5. The van der Waals surface area contributed by atoms with Crippen molar-refractivity contribution in [3.63, 3.8) is 0 Å². The molecule has 0 atom stereocenters. The number of benzene rings is 2. The van der Waals surface area contributed by atoms with E-state index in [1.165, 1.54) is 17.6 Å². The number of hydrogen-bond donors (Lipinski definition) is 0. The van der Waals surface area contributed by atoms with E-state index in [0.717, 1.165) is 17.8 Å². The monoisotopic (exact) mass is 511 g/mol. The fourth-order valence-electron chi connectivity index (χ4n) is 3.59. The van der Waals surface area contributed by atoms with Crippen molar-refractivity contribution in [2.75, 3.05) is 57.7 Å². The molecule has 2 aromatic carbocycles. The molecular weight excluding hydrogens is 486 g/mol. The third kappa shape index (κ3) is 5.82. The average Bonchev–Trinajstić information content (AvgIpc) is 3.23. The van der Waals surface area contributed by atoms with Gasteiger partial charge in [-0.25, -0.2) is 13.4 Å². The Hall–Kier alpha value is -2.24. The van der Waals surface area contributed by atoms with Crippen LogP contribution in [0.25, 0.3) is 10.2 Å².